The fourth-order valence-electron chi connectivity index (χ4n) is 5.53. The summed E-state index contributed by atoms with van der Waals surface area (Å²) in [4.78, 5) is 12.6. The molecule has 0 amide bonds. The Labute approximate surface area is 139 Å². The predicted octanol–water partition coefficient (Wildman–Crippen LogP) is 4.98. The third-order valence-electron chi connectivity index (χ3n) is 6.80. The van der Waals surface area contributed by atoms with E-state index in [4.69, 9.17) is 4.52 Å². The van der Waals surface area contributed by atoms with Gasteiger partial charge in [0.05, 0.1) is 6.16 Å². The molecule has 5 heteroatoms. The number of carbonyl (C=O) groups is 1. The first-order chi connectivity index (χ1) is 10.8. The highest BCUT2D eigenvalue weighted by Crippen LogP contribution is 2.80. The lowest BCUT2D eigenvalue weighted by Crippen LogP contribution is -2.48. The van der Waals surface area contributed by atoms with Crippen LogP contribution in [0.15, 0.2) is 0 Å². The molecule has 0 radical (unpaired) electrons. The minimum atomic E-state index is -3.13. The number of ketones is 1. The van der Waals surface area contributed by atoms with Crippen molar-refractivity contribution in [3.8, 4) is 0 Å². The van der Waals surface area contributed by atoms with Gasteiger partial charge >= 0.3 is 0 Å². The smallest absolute Gasteiger partial charge is 0.214 e. The van der Waals surface area contributed by atoms with E-state index in [-0.39, 0.29) is 17.2 Å². The Hall–Kier alpha value is -0.210. The van der Waals surface area contributed by atoms with Crippen LogP contribution in [-0.4, -0.2) is 30.4 Å². The molecule has 3 fully saturated rings. The largest absolute Gasteiger partial charge is 0.331 e. The van der Waals surface area contributed by atoms with Gasteiger partial charge in [0, 0.05) is 12.8 Å². The summed E-state index contributed by atoms with van der Waals surface area (Å²) in [7, 11) is -1.68. The van der Waals surface area contributed by atoms with Crippen LogP contribution in [0.25, 0.3) is 0 Å². The van der Waals surface area contributed by atoms with E-state index in [0.29, 0.717) is 24.7 Å². The first-order valence-electron chi connectivity index (χ1n) is 9.17. The second-order valence-corrected chi connectivity index (χ2v) is 10.9. The summed E-state index contributed by atoms with van der Waals surface area (Å²) in [6, 6.07) is 0. The van der Waals surface area contributed by atoms with Gasteiger partial charge in [0.1, 0.15) is 0 Å². The van der Waals surface area contributed by atoms with E-state index in [9.17, 15) is 13.8 Å². The fourth-order valence-corrected chi connectivity index (χ4v) is 8.90. The van der Waals surface area contributed by atoms with E-state index in [1.54, 1.807) is 0 Å². The van der Waals surface area contributed by atoms with Crippen LogP contribution in [0.4, 0.5) is 4.39 Å². The summed E-state index contributed by atoms with van der Waals surface area (Å²) >= 11 is 0. The first-order valence-corrected chi connectivity index (χ1v) is 11.1. The average Bonchev–Trinajstić information content (AvgIpc) is 3.24. The van der Waals surface area contributed by atoms with Crippen LogP contribution in [0.3, 0.4) is 0 Å². The summed E-state index contributed by atoms with van der Waals surface area (Å²) in [5, 5.41) is 0. The third-order valence-corrected chi connectivity index (χ3v) is 9.97. The van der Waals surface area contributed by atoms with Crippen LogP contribution in [-0.2, 0) is 13.9 Å². The highest BCUT2D eigenvalue weighted by atomic mass is 31.2. The molecular weight excluding hydrogens is 314 g/mol. The molecule has 3 saturated carbocycles. The van der Waals surface area contributed by atoms with Gasteiger partial charge in [0.25, 0.3) is 0 Å². The van der Waals surface area contributed by atoms with E-state index in [2.05, 4.69) is 13.8 Å². The van der Waals surface area contributed by atoms with Crippen LogP contribution in [0.5, 0.6) is 0 Å². The SMILES string of the molecule is CCCC1(C)C2CC2C1P(=O)(CC(=O)C1(F)CCCCC1)OC. The normalized spacial score (nSPS) is 40.6. The van der Waals surface area contributed by atoms with E-state index in [1.807, 2.05) is 0 Å². The molecule has 0 saturated heterocycles. The molecule has 132 valence electrons. The number of hydrogen-bond acceptors (Lipinski definition) is 3. The van der Waals surface area contributed by atoms with Crippen molar-refractivity contribution in [2.75, 3.05) is 13.3 Å². The highest BCUT2D eigenvalue weighted by Gasteiger charge is 2.73. The Morgan fingerprint density at radius 1 is 1.30 bits per heavy atom. The molecule has 0 spiro atoms. The van der Waals surface area contributed by atoms with E-state index >= 15 is 0 Å². The van der Waals surface area contributed by atoms with E-state index < -0.39 is 18.8 Å². The zero-order valence-corrected chi connectivity index (χ0v) is 15.5. The number of fused-ring (bicyclic) bond motifs is 1. The number of alkyl halides is 1. The average molecular weight is 344 g/mol. The van der Waals surface area contributed by atoms with Crippen LogP contribution in [0.1, 0.15) is 65.2 Å². The quantitative estimate of drug-likeness (QED) is 0.612. The Kier molecular flexibility index (Phi) is 4.55. The highest BCUT2D eigenvalue weighted by molar-refractivity contribution is 7.60. The maximum atomic E-state index is 14.9. The van der Waals surface area contributed by atoms with Crippen molar-refractivity contribution in [2.45, 2.75) is 76.5 Å². The van der Waals surface area contributed by atoms with Gasteiger partial charge in [-0.1, -0.05) is 26.7 Å². The second-order valence-electron chi connectivity index (χ2n) is 8.22. The standard InChI is InChI=1S/C18H30FO3P/c1-4-8-17(2)14-11-13(14)16(17)23(21,22-3)12-15(20)18(19)9-6-5-7-10-18/h13-14,16H,4-12H2,1-3H3. The van der Waals surface area contributed by atoms with Crippen LogP contribution < -0.4 is 0 Å². The second kappa shape index (κ2) is 5.95. The van der Waals surface area contributed by atoms with Crippen molar-refractivity contribution in [1.29, 1.82) is 0 Å². The lowest BCUT2D eigenvalue weighted by atomic mass is 9.67. The minimum absolute atomic E-state index is 0.0152. The molecular formula is C18H30FO3P. The molecule has 0 aliphatic heterocycles. The number of halogens is 1. The maximum absolute atomic E-state index is 14.9. The van der Waals surface area contributed by atoms with Gasteiger partial charge in [0.15, 0.2) is 11.5 Å². The molecule has 0 aromatic carbocycles. The Balaban J connectivity index is 1.76. The summed E-state index contributed by atoms with van der Waals surface area (Å²) in [5.74, 6) is 0.609. The number of rotatable bonds is 7. The van der Waals surface area contributed by atoms with Crippen molar-refractivity contribution >= 4 is 13.2 Å². The Morgan fingerprint density at radius 3 is 2.52 bits per heavy atom. The van der Waals surface area contributed by atoms with Crippen molar-refractivity contribution < 1.29 is 18.3 Å². The number of hydrogen-bond donors (Lipinski definition) is 0. The van der Waals surface area contributed by atoms with Crippen LogP contribution in [0.2, 0.25) is 0 Å². The van der Waals surface area contributed by atoms with Crippen molar-refractivity contribution in [3.63, 3.8) is 0 Å². The Morgan fingerprint density at radius 2 is 1.96 bits per heavy atom. The topological polar surface area (TPSA) is 43.4 Å². The lowest BCUT2D eigenvalue weighted by Gasteiger charge is -2.49. The predicted molar refractivity (Wildman–Crippen MR) is 89.8 cm³/mol. The fraction of sp³-hybridized carbons (Fsp3) is 0.944. The maximum Gasteiger partial charge on any atom is 0.214 e. The van der Waals surface area contributed by atoms with Crippen molar-refractivity contribution in [2.24, 2.45) is 17.3 Å². The Bertz CT molecular complexity index is 528. The lowest BCUT2D eigenvalue weighted by molar-refractivity contribution is -0.130. The first kappa shape index (κ1) is 17.6. The van der Waals surface area contributed by atoms with Gasteiger partial charge < -0.3 is 4.52 Å². The molecule has 0 aromatic rings. The van der Waals surface area contributed by atoms with Crippen LogP contribution in [0, 0.1) is 17.3 Å². The molecule has 5 unspecified atom stereocenters. The van der Waals surface area contributed by atoms with Gasteiger partial charge in [-0.25, -0.2) is 4.39 Å². The molecule has 3 aliphatic carbocycles. The van der Waals surface area contributed by atoms with Gasteiger partial charge in [-0.3, -0.25) is 9.36 Å². The zero-order chi connectivity index (χ0) is 16.9. The van der Waals surface area contributed by atoms with Gasteiger partial charge in [-0.2, -0.15) is 0 Å². The van der Waals surface area contributed by atoms with E-state index in [1.165, 1.54) is 7.11 Å². The molecule has 23 heavy (non-hydrogen) atoms. The minimum Gasteiger partial charge on any atom is -0.331 e. The third kappa shape index (κ3) is 2.74. The molecule has 0 bridgehead atoms. The van der Waals surface area contributed by atoms with Gasteiger partial charge in [0.2, 0.25) is 7.37 Å². The van der Waals surface area contributed by atoms with E-state index in [0.717, 1.165) is 38.5 Å². The number of carbonyl (C=O) groups excluding carboxylic acids is 1. The summed E-state index contributed by atoms with van der Waals surface area (Å²) in [6.45, 7) is 4.33. The van der Waals surface area contributed by atoms with Crippen molar-refractivity contribution in [3.05, 3.63) is 0 Å². The summed E-state index contributed by atoms with van der Waals surface area (Å²) in [5.41, 5.74) is -1.79. The van der Waals surface area contributed by atoms with Gasteiger partial charge in [-0.05, 0) is 55.8 Å². The van der Waals surface area contributed by atoms with Gasteiger partial charge in [-0.15, -0.1) is 0 Å². The molecule has 0 aromatic heterocycles. The molecule has 3 aliphatic rings. The molecule has 5 atom stereocenters. The molecule has 0 N–H and O–H groups in total. The molecule has 3 nitrogen and oxygen atoms in total. The molecule has 0 heterocycles. The van der Waals surface area contributed by atoms with Crippen LogP contribution >= 0.6 is 7.37 Å². The zero-order valence-electron chi connectivity index (χ0n) is 14.6. The van der Waals surface area contributed by atoms with Crippen molar-refractivity contribution in [1.82, 2.24) is 0 Å². The monoisotopic (exact) mass is 344 g/mol. The number of Topliss-reactive ketones (excluding diaryl/α,β-unsaturated/α-hetero) is 1. The summed E-state index contributed by atoms with van der Waals surface area (Å²) < 4.78 is 33.9. The summed E-state index contributed by atoms with van der Waals surface area (Å²) in [6.07, 6.45) is 6.03. The molecule has 3 rings (SSSR count).